The quantitative estimate of drug-likeness (QED) is 0.679. The summed E-state index contributed by atoms with van der Waals surface area (Å²) >= 11 is 0. The Balaban J connectivity index is 2.18. The Bertz CT molecular complexity index is 256. The lowest BCUT2D eigenvalue weighted by Crippen LogP contribution is -2.34. The zero-order valence-corrected chi connectivity index (χ0v) is 12.6. The lowest BCUT2D eigenvalue weighted by Gasteiger charge is -2.32. The van der Waals surface area contributed by atoms with Gasteiger partial charge in [0.05, 0.1) is 0 Å². The number of alkyl halides is 3. The van der Waals surface area contributed by atoms with Crippen LogP contribution in [0.15, 0.2) is 0 Å². The van der Waals surface area contributed by atoms with Crippen LogP contribution in [0, 0.1) is 11.8 Å². The number of halogens is 3. The van der Waals surface area contributed by atoms with Crippen molar-refractivity contribution in [1.29, 1.82) is 0 Å². The third-order valence-electron chi connectivity index (χ3n) is 3.98. The van der Waals surface area contributed by atoms with E-state index in [0.29, 0.717) is 17.9 Å². The summed E-state index contributed by atoms with van der Waals surface area (Å²) < 4.78 is 40.5. The number of rotatable bonds is 8. The molecule has 2 nitrogen and oxygen atoms in total. The first-order valence-corrected chi connectivity index (χ1v) is 7.76. The Labute approximate surface area is 120 Å². The number of ether oxygens (including phenoxy) is 1. The molecule has 1 fully saturated rings. The molecule has 0 aromatic heterocycles. The summed E-state index contributed by atoms with van der Waals surface area (Å²) in [4.78, 5) is 0. The van der Waals surface area contributed by atoms with Gasteiger partial charge in [-0.05, 0) is 37.6 Å². The van der Waals surface area contributed by atoms with Crippen molar-refractivity contribution in [3.63, 3.8) is 0 Å². The van der Waals surface area contributed by atoms with Gasteiger partial charge in [0.1, 0.15) is 6.61 Å². The Morgan fingerprint density at radius 3 is 2.40 bits per heavy atom. The van der Waals surface area contributed by atoms with Crippen LogP contribution in [0.25, 0.3) is 0 Å². The van der Waals surface area contributed by atoms with Gasteiger partial charge < -0.3 is 10.1 Å². The number of hydrogen-bond acceptors (Lipinski definition) is 2. The highest BCUT2D eigenvalue weighted by Gasteiger charge is 2.28. The minimum Gasteiger partial charge on any atom is -0.372 e. The average molecular weight is 295 g/mol. The van der Waals surface area contributed by atoms with E-state index in [2.05, 4.69) is 23.9 Å². The molecule has 0 aliphatic heterocycles. The van der Waals surface area contributed by atoms with Crippen molar-refractivity contribution < 1.29 is 17.9 Å². The van der Waals surface area contributed by atoms with Gasteiger partial charge in [-0.25, -0.2) is 0 Å². The molecule has 2 atom stereocenters. The first-order valence-electron chi connectivity index (χ1n) is 7.76. The van der Waals surface area contributed by atoms with Crippen LogP contribution in [-0.2, 0) is 4.74 Å². The lowest BCUT2D eigenvalue weighted by molar-refractivity contribution is -0.174. The third-order valence-corrected chi connectivity index (χ3v) is 3.98. The topological polar surface area (TPSA) is 21.3 Å². The molecule has 1 aliphatic rings. The molecular formula is C15H28F3NO. The van der Waals surface area contributed by atoms with Gasteiger partial charge in [-0.15, -0.1) is 0 Å². The van der Waals surface area contributed by atoms with Crippen molar-refractivity contribution in [2.75, 3.05) is 19.8 Å². The summed E-state index contributed by atoms with van der Waals surface area (Å²) in [6.45, 7) is 4.42. The molecule has 1 saturated carbocycles. The maximum atomic E-state index is 11.9. The van der Waals surface area contributed by atoms with Crippen molar-refractivity contribution in [3.05, 3.63) is 0 Å². The van der Waals surface area contributed by atoms with E-state index in [-0.39, 0.29) is 6.61 Å². The molecule has 0 amide bonds. The van der Waals surface area contributed by atoms with E-state index in [4.69, 9.17) is 0 Å². The second-order valence-corrected chi connectivity index (χ2v) is 6.18. The van der Waals surface area contributed by atoms with E-state index in [1.54, 1.807) is 0 Å². The van der Waals surface area contributed by atoms with Crippen molar-refractivity contribution in [2.24, 2.45) is 11.8 Å². The highest BCUT2D eigenvalue weighted by Crippen LogP contribution is 2.33. The minimum absolute atomic E-state index is 0.223. The summed E-state index contributed by atoms with van der Waals surface area (Å²) in [5.41, 5.74) is 0. The fourth-order valence-corrected chi connectivity index (χ4v) is 2.96. The van der Waals surface area contributed by atoms with Gasteiger partial charge in [0.25, 0.3) is 0 Å². The van der Waals surface area contributed by atoms with Gasteiger partial charge in [-0.2, -0.15) is 13.2 Å². The Kier molecular flexibility index (Phi) is 7.88. The molecule has 0 radical (unpaired) electrons. The summed E-state index contributed by atoms with van der Waals surface area (Å²) in [5, 5.41) is 3.49. The van der Waals surface area contributed by atoms with Crippen molar-refractivity contribution in [1.82, 2.24) is 5.32 Å². The Hall–Kier alpha value is -0.290. The normalized spacial score (nSPS) is 24.3. The minimum atomic E-state index is -4.20. The maximum absolute atomic E-state index is 11.9. The summed E-state index contributed by atoms with van der Waals surface area (Å²) in [7, 11) is 0. The van der Waals surface area contributed by atoms with E-state index in [1.165, 1.54) is 25.7 Å². The van der Waals surface area contributed by atoms with Gasteiger partial charge >= 0.3 is 6.18 Å². The predicted molar refractivity (Wildman–Crippen MR) is 74.7 cm³/mol. The zero-order valence-electron chi connectivity index (χ0n) is 12.6. The van der Waals surface area contributed by atoms with Crippen LogP contribution in [-0.4, -0.2) is 32.0 Å². The van der Waals surface area contributed by atoms with Gasteiger partial charge in [0.2, 0.25) is 0 Å². The predicted octanol–water partition coefficient (Wildman–Crippen LogP) is 4.15. The molecule has 120 valence electrons. The molecule has 0 aromatic carbocycles. The second kappa shape index (κ2) is 8.88. The van der Waals surface area contributed by atoms with Crippen LogP contribution < -0.4 is 5.32 Å². The van der Waals surface area contributed by atoms with Crippen LogP contribution in [0.2, 0.25) is 0 Å². The summed E-state index contributed by atoms with van der Waals surface area (Å²) in [6, 6.07) is 0.493. The highest BCUT2D eigenvalue weighted by atomic mass is 19.4. The number of hydrogen-bond donors (Lipinski definition) is 1. The van der Waals surface area contributed by atoms with Crippen molar-refractivity contribution >= 4 is 0 Å². The average Bonchev–Trinajstić information content (AvgIpc) is 2.35. The van der Waals surface area contributed by atoms with E-state index in [9.17, 15) is 13.2 Å². The standard InChI is InChI=1S/C15H28F3NO/c1-12(2)19-10-14-7-4-3-6-13(14)8-5-9-20-11-15(16,17)18/h12-14,19H,3-11H2,1-2H3. The van der Waals surface area contributed by atoms with E-state index >= 15 is 0 Å². The molecule has 1 rings (SSSR count). The maximum Gasteiger partial charge on any atom is 0.411 e. The third kappa shape index (κ3) is 8.10. The van der Waals surface area contributed by atoms with E-state index < -0.39 is 12.8 Å². The molecule has 20 heavy (non-hydrogen) atoms. The first kappa shape index (κ1) is 17.8. The van der Waals surface area contributed by atoms with Gasteiger partial charge in [-0.3, -0.25) is 0 Å². The van der Waals surface area contributed by atoms with Crippen LogP contribution in [0.5, 0.6) is 0 Å². The SMILES string of the molecule is CC(C)NCC1CCCCC1CCCOCC(F)(F)F. The monoisotopic (exact) mass is 295 g/mol. The van der Waals surface area contributed by atoms with Gasteiger partial charge in [0.15, 0.2) is 0 Å². The summed E-state index contributed by atoms with van der Waals surface area (Å²) in [5.74, 6) is 1.32. The highest BCUT2D eigenvalue weighted by molar-refractivity contribution is 4.77. The van der Waals surface area contributed by atoms with Crippen molar-refractivity contribution in [3.8, 4) is 0 Å². The van der Waals surface area contributed by atoms with Crippen LogP contribution in [0.3, 0.4) is 0 Å². The molecule has 1 N–H and O–H groups in total. The lowest BCUT2D eigenvalue weighted by atomic mass is 9.77. The Morgan fingerprint density at radius 1 is 1.15 bits per heavy atom. The molecule has 0 saturated heterocycles. The Morgan fingerprint density at radius 2 is 1.80 bits per heavy atom. The molecule has 0 heterocycles. The molecule has 0 bridgehead atoms. The molecule has 1 aliphatic carbocycles. The molecule has 0 spiro atoms. The van der Waals surface area contributed by atoms with Crippen LogP contribution >= 0.6 is 0 Å². The molecular weight excluding hydrogens is 267 g/mol. The molecule has 2 unspecified atom stereocenters. The largest absolute Gasteiger partial charge is 0.411 e. The molecule has 0 aromatic rings. The van der Waals surface area contributed by atoms with E-state index in [1.807, 2.05) is 0 Å². The van der Waals surface area contributed by atoms with Crippen LogP contribution in [0.4, 0.5) is 13.2 Å². The zero-order chi connectivity index (χ0) is 15.0. The fourth-order valence-electron chi connectivity index (χ4n) is 2.96. The van der Waals surface area contributed by atoms with Crippen LogP contribution in [0.1, 0.15) is 52.4 Å². The van der Waals surface area contributed by atoms with Crippen molar-refractivity contribution in [2.45, 2.75) is 64.6 Å². The van der Waals surface area contributed by atoms with Gasteiger partial charge in [-0.1, -0.05) is 33.1 Å². The van der Waals surface area contributed by atoms with Gasteiger partial charge in [0, 0.05) is 12.6 Å². The number of nitrogens with one attached hydrogen (secondary N) is 1. The first-order chi connectivity index (χ1) is 9.38. The summed E-state index contributed by atoms with van der Waals surface area (Å²) in [6.07, 6.45) is 2.52. The molecule has 5 heteroatoms. The van der Waals surface area contributed by atoms with E-state index in [0.717, 1.165) is 19.4 Å². The smallest absolute Gasteiger partial charge is 0.372 e. The second-order valence-electron chi connectivity index (χ2n) is 6.18. The fraction of sp³-hybridized carbons (Fsp3) is 1.00.